The first-order chi connectivity index (χ1) is 11.6. The van der Waals surface area contributed by atoms with Gasteiger partial charge in [0.05, 0.1) is 61.7 Å². The van der Waals surface area contributed by atoms with Crippen LogP contribution in [0.25, 0.3) is 30.8 Å². The van der Waals surface area contributed by atoms with Crippen LogP contribution in [-0.4, -0.2) is 0 Å². The second kappa shape index (κ2) is 7.05. The molecule has 1 aromatic carbocycles. The molecule has 0 N–H and O–H groups in total. The Morgan fingerprint density at radius 2 is 1.00 bits per heavy atom. The van der Waals surface area contributed by atoms with Crippen LogP contribution >= 0.6 is 0 Å². The second-order valence-electron chi connectivity index (χ2n) is 3.79. The Bertz CT molecular complexity index is 1030. The van der Waals surface area contributed by atoms with Crippen molar-refractivity contribution in [1.29, 1.82) is 21.0 Å². The van der Waals surface area contributed by atoms with E-state index in [-0.39, 0.29) is 0 Å². The topological polar surface area (TPSA) is 113 Å². The zero-order valence-electron chi connectivity index (χ0n) is 11.6. The van der Waals surface area contributed by atoms with Gasteiger partial charge in [-0.1, -0.05) is 0 Å². The van der Waals surface area contributed by atoms with Crippen molar-refractivity contribution < 1.29 is 0 Å². The van der Waals surface area contributed by atoms with E-state index < -0.39 is 44.3 Å². The number of hydrogen-bond donors (Lipinski definition) is 0. The highest BCUT2D eigenvalue weighted by Crippen LogP contribution is 2.24. The van der Waals surface area contributed by atoms with Crippen molar-refractivity contribution in [3.05, 3.63) is 67.2 Å². The maximum atomic E-state index is 9.33. The van der Waals surface area contributed by atoms with Gasteiger partial charge in [0.25, 0.3) is 11.4 Å². The lowest BCUT2D eigenvalue weighted by molar-refractivity contribution is 1.37. The van der Waals surface area contributed by atoms with Gasteiger partial charge in [-0.3, -0.25) is 9.69 Å². The summed E-state index contributed by atoms with van der Waals surface area (Å²) in [7, 11) is 0. The van der Waals surface area contributed by atoms with Crippen LogP contribution in [0.1, 0.15) is 11.1 Å². The fourth-order valence-electron chi connectivity index (χ4n) is 1.90. The first kappa shape index (κ1) is 16.9. The molecule has 8 heteroatoms. The van der Waals surface area contributed by atoms with Gasteiger partial charge in [0.1, 0.15) is 0 Å². The third kappa shape index (κ3) is 2.32. The molecule has 0 spiro atoms. The molecule has 8 nitrogen and oxygen atoms in total. The lowest BCUT2D eigenvalue weighted by Gasteiger charge is -2.06. The minimum atomic E-state index is -0.633. The Hall–Kier alpha value is -5.12. The zero-order chi connectivity index (χ0) is 18.3. The number of hydrogen-bond acceptors (Lipinski definition) is 4. The summed E-state index contributed by atoms with van der Waals surface area (Å²) in [5.41, 5.74) is -3.28. The van der Waals surface area contributed by atoms with E-state index in [1.54, 1.807) is 12.1 Å². The highest BCUT2D eigenvalue weighted by molar-refractivity contribution is 5.87. The molecule has 1 rings (SSSR count). The summed E-state index contributed by atoms with van der Waals surface area (Å²) >= 11 is 0. The van der Waals surface area contributed by atoms with Crippen LogP contribution in [0.4, 0.5) is 11.4 Å². The predicted octanol–water partition coefficient (Wildman–Crippen LogP) is 1.63. The molecule has 0 unspecified atom stereocenters. The molecule has 0 aliphatic carbocycles. The van der Waals surface area contributed by atoms with Gasteiger partial charge in [-0.2, -0.15) is 10.5 Å². The SMILES string of the molecule is [C-]#[N+]/C(C#N)=c1/c(C#N)c(C#N)/c(=C(\C#N)[N+]#[C-])c([N+]#[C-])c1[N+]#[C-]. The van der Waals surface area contributed by atoms with Crippen molar-refractivity contribution in [2.24, 2.45) is 0 Å². The van der Waals surface area contributed by atoms with Crippen molar-refractivity contribution in [2.45, 2.75) is 0 Å². The molecule has 1 aromatic rings. The van der Waals surface area contributed by atoms with Crippen LogP contribution in [-0.2, 0) is 0 Å². The van der Waals surface area contributed by atoms with E-state index in [0.29, 0.717) is 0 Å². The number of benzene rings is 1. The van der Waals surface area contributed by atoms with E-state index in [2.05, 4.69) is 19.4 Å². The molecular formula is C16N8. The summed E-state index contributed by atoms with van der Waals surface area (Å²) in [6.07, 6.45) is 0. The van der Waals surface area contributed by atoms with E-state index in [4.69, 9.17) is 36.8 Å². The maximum Gasteiger partial charge on any atom is 0.258 e. The zero-order valence-corrected chi connectivity index (χ0v) is 11.6. The standard InChI is InChI=1S/C16N8/c1-21-11(7-19)13-9(5-17)10(6-18)14(12(8-20)22-2)16(24-4)15(13)23-3/b13-11-,14-12-. The molecule has 0 heterocycles. The molecule has 0 amide bonds. The molecule has 0 bridgehead atoms. The Kier molecular flexibility index (Phi) is 4.97. The predicted molar refractivity (Wildman–Crippen MR) is 78.9 cm³/mol. The average molecular weight is 304 g/mol. The molecule has 0 radical (unpaired) electrons. The molecule has 0 saturated carbocycles. The average Bonchev–Trinajstić information content (AvgIpc) is 2.62. The molecule has 0 aliphatic heterocycles. The number of rotatable bonds is 0. The summed E-state index contributed by atoms with van der Waals surface area (Å²) in [6.45, 7) is 28.4. The lowest BCUT2D eigenvalue weighted by Crippen LogP contribution is -2.22. The van der Waals surface area contributed by atoms with Gasteiger partial charge >= 0.3 is 0 Å². The van der Waals surface area contributed by atoms with Crippen molar-refractivity contribution in [3.8, 4) is 24.3 Å². The molecule has 104 valence electrons. The highest BCUT2D eigenvalue weighted by Gasteiger charge is 2.21. The van der Waals surface area contributed by atoms with Crippen LogP contribution in [0.3, 0.4) is 0 Å². The Labute approximate surface area is 136 Å². The summed E-state index contributed by atoms with van der Waals surface area (Å²) in [4.78, 5) is 12.0. The van der Waals surface area contributed by atoms with Gasteiger partial charge in [0, 0.05) is 10.4 Å². The fraction of sp³-hybridized carbons (Fsp3) is 0. The number of nitriles is 4. The molecule has 0 saturated heterocycles. The summed E-state index contributed by atoms with van der Waals surface area (Å²) in [5.74, 6) is 0. The van der Waals surface area contributed by atoms with Crippen molar-refractivity contribution in [1.82, 2.24) is 0 Å². The van der Waals surface area contributed by atoms with Crippen molar-refractivity contribution in [3.63, 3.8) is 0 Å². The summed E-state index contributed by atoms with van der Waals surface area (Å²) in [5, 5.41) is 35.9. The minimum Gasteiger partial charge on any atom is -0.251 e. The smallest absolute Gasteiger partial charge is 0.251 e. The van der Waals surface area contributed by atoms with E-state index in [1.165, 1.54) is 12.1 Å². The monoisotopic (exact) mass is 304 g/mol. The first-order valence-corrected chi connectivity index (χ1v) is 5.68. The van der Waals surface area contributed by atoms with Crippen LogP contribution in [0.15, 0.2) is 0 Å². The third-order valence-electron chi connectivity index (χ3n) is 2.80. The largest absolute Gasteiger partial charge is 0.258 e. The van der Waals surface area contributed by atoms with Crippen LogP contribution in [0.2, 0.25) is 0 Å². The molecule has 24 heavy (non-hydrogen) atoms. The van der Waals surface area contributed by atoms with E-state index in [1.807, 2.05) is 0 Å². The number of nitrogens with zero attached hydrogens (tertiary/aromatic N) is 8. The molecule has 0 aliphatic rings. The van der Waals surface area contributed by atoms with Gasteiger partial charge < -0.3 is 0 Å². The second-order valence-corrected chi connectivity index (χ2v) is 3.79. The molecular weight excluding hydrogens is 304 g/mol. The van der Waals surface area contributed by atoms with Crippen LogP contribution < -0.4 is 10.4 Å². The van der Waals surface area contributed by atoms with Crippen LogP contribution in [0, 0.1) is 71.6 Å². The van der Waals surface area contributed by atoms with Gasteiger partial charge in [-0.25, -0.2) is 20.2 Å². The molecule has 0 aromatic heterocycles. The molecule has 0 atom stereocenters. The maximum absolute atomic E-state index is 9.33. The highest BCUT2D eigenvalue weighted by atomic mass is 14.8. The first-order valence-electron chi connectivity index (χ1n) is 5.68. The minimum absolute atomic E-state index is 0.432. The normalized spacial score (nSPS) is 10.7. The van der Waals surface area contributed by atoms with Crippen molar-refractivity contribution >= 4 is 22.8 Å². The quantitative estimate of drug-likeness (QED) is 0.678. The Morgan fingerprint density at radius 3 is 1.17 bits per heavy atom. The van der Waals surface area contributed by atoms with Crippen LogP contribution in [0.5, 0.6) is 0 Å². The van der Waals surface area contributed by atoms with Crippen molar-refractivity contribution in [2.75, 3.05) is 0 Å². The Balaban J connectivity index is 4.86. The van der Waals surface area contributed by atoms with Gasteiger partial charge in [-0.05, 0) is 0 Å². The Morgan fingerprint density at radius 1 is 0.667 bits per heavy atom. The molecule has 0 fully saturated rings. The summed E-state index contributed by atoms with van der Waals surface area (Å²) in [6, 6.07) is 6.29. The summed E-state index contributed by atoms with van der Waals surface area (Å²) < 4.78 is 0. The van der Waals surface area contributed by atoms with Gasteiger partial charge in [0.15, 0.2) is 11.4 Å². The third-order valence-corrected chi connectivity index (χ3v) is 2.80. The van der Waals surface area contributed by atoms with Gasteiger partial charge in [-0.15, -0.1) is 0 Å². The lowest BCUT2D eigenvalue weighted by atomic mass is 9.98. The fourth-order valence-corrected chi connectivity index (χ4v) is 1.90. The van der Waals surface area contributed by atoms with E-state index >= 15 is 0 Å². The van der Waals surface area contributed by atoms with E-state index in [0.717, 1.165) is 0 Å². The van der Waals surface area contributed by atoms with E-state index in [9.17, 15) is 10.5 Å². The van der Waals surface area contributed by atoms with Gasteiger partial charge in [0.2, 0.25) is 0 Å².